The maximum absolute atomic E-state index is 8.78. The lowest BCUT2D eigenvalue weighted by Gasteiger charge is -2.25. The van der Waals surface area contributed by atoms with Crippen LogP contribution in [0.15, 0.2) is 6.07 Å². The second kappa shape index (κ2) is 4.93. The Balaban J connectivity index is 1.88. The molecule has 1 aromatic heterocycles. The van der Waals surface area contributed by atoms with Crippen LogP contribution in [0.2, 0.25) is 0 Å². The summed E-state index contributed by atoms with van der Waals surface area (Å²) in [6, 6.07) is 3.73. The molecule has 1 aliphatic carbocycles. The zero-order valence-corrected chi connectivity index (χ0v) is 9.53. The zero-order valence-electron chi connectivity index (χ0n) is 9.53. The number of nitrogens with one attached hydrogen (secondary N) is 1. The maximum Gasteiger partial charge on any atom is 0.224 e. The van der Waals surface area contributed by atoms with E-state index >= 15 is 0 Å². The maximum atomic E-state index is 8.78. The minimum atomic E-state index is 0.429. The summed E-state index contributed by atoms with van der Waals surface area (Å²) in [6.45, 7) is 2.78. The highest BCUT2D eigenvalue weighted by Gasteiger charge is 2.16. The predicted molar refractivity (Wildman–Crippen MR) is 61.9 cm³/mol. The highest BCUT2D eigenvalue weighted by Crippen LogP contribution is 2.28. The molecule has 84 valence electrons. The van der Waals surface area contributed by atoms with E-state index in [0.717, 1.165) is 18.2 Å². The van der Waals surface area contributed by atoms with Crippen LogP contribution in [0.3, 0.4) is 0 Å². The number of anilines is 1. The second-order valence-electron chi connectivity index (χ2n) is 4.34. The lowest BCUT2D eigenvalue weighted by Crippen LogP contribution is -2.16. The number of aromatic nitrogens is 2. The van der Waals surface area contributed by atoms with E-state index in [2.05, 4.69) is 15.3 Å². The molecule has 1 N–H and O–H groups in total. The molecule has 4 nitrogen and oxygen atoms in total. The van der Waals surface area contributed by atoms with Crippen LogP contribution in [0.5, 0.6) is 0 Å². The van der Waals surface area contributed by atoms with Crippen LogP contribution >= 0.6 is 0 Å². The van der Waals surface area contributed by atoms with Crippen molar-refractivity contribution in [3.63, 3.8) is 0 Å². The Labute approximate surface area is 95.7 Å². The van der Waals surface area contributed by atoms with E-state index in [1.54, 1.807) is 6.07 Å². The fraction of sp³-hybridized carbons (Fsp3) is 0.583. The summed E-state index contributed by atoms with van der Waals surface area (Å²) in [5, 5.41) is 12.0. The number of rotatable bonds is 4. The molecule has 1 aliphatic rings. The average molecular weight is 216 g/mol. The van der Waals surface area contributed by atoms with E-state index in [1.165, 1.54) is 25.7 Å². The van der Waals surface area contributed by atoms with Crippen LogP contribution in [0.1, 0.15) is 37.1 Å². The van der Waals surface area contributed by atoms with Gasteiger partial charge in [-0.15, -0.1) is 0 Å². The predicted octanol–water partition coefficient (Wildman–Crippen LogP) is 2.26. The molecule has 0 amide bonds. The molecule has 1 heterocycles. The number of hydrogen-bond donors (Lipinski definition) is 1. The summed E-state index contributed by atoms with van der Waals surface area (Å²) < 4.78 is 0. The minimum absolute atomic E-state index is 0.429. The van der Waals surface area contributed by atoms with E-state index in [0.29, 0.717) is 11.6 Å². The van der Waals surface area contributed by atoms with Gasteiger partial charge in [-0.1, -0.05) is 19.3 Å². The van der Waals surface area contributed by atoms with E-state index < -0.39 is 0 Å². The standard InChI is InChI=1S/C12H16N4/c1-9-7-11(8-13)16-12(15-9)14-6-5-10-3-2-4-10/h7,10H,2-6H2,1H3,(H,14,15,16). The van der Waals surface area contributed by atoms with Gasteiger partial charge in [-0.25, -0.2) is 9.97 Å². The minimum Gasteiger partial charge on any atom is -0.354 e. The van der Waals surface area contributed by atoms with Crippen LogP contribution in [0.4, 0.5) is 5.95 Å². The topological polar surface area (TPSA) is 61.6 Å². The molecule has 0 radical (unpaired) electrons. The van der Waals surface area contributed by atoms with Gasteiger partial charge >= 0.3 is 0 Å². The molecule has 1 saturated carbocycles. The first kappa shape index (κ1) is 10.9. The fourth-order valence-electron chi connectivity index (χ4n) is 1.87. The third kappa shape index (κ3) is 2.69. The summed E-state index contributed by atoms with van der Waals surface area (Å²) in [4.78, 5) is 8.36. The average Bonchev–Trinajstić information content (AvgIpc) is 2.21. The molecule has 1 aromatic rings. The van der Waals surface area contributed by atoms with Crippen molar-refractivity contribution >= 4 is 5.95 Å². The van der Waals surface area contributed by atoms with Crippen molar-refractivity contribution in [3.05, 3.63) is 17.5 Å². The molecule has 0 bridgehead atoms. The first-order chi connectivity index (χ1) is 7.78. The van der Waals surface area contributed by atoms with Crippen LogP contribution in [-0.4, -0.2) is 16.5 Å². The Morgan fingerprint density at radius 2 is 2.31 bits per heavy atom. The quantitative estimate of drug-likeness (QED) is 0.838. The number of aryl methyl sites for hydroxylation is 1. The summed E-state index contributed by atoms with van der Waals surface area (Å²) >= 11 is 0. The fourth-order valence-corrected chi connectivity index (χ4v) is 1.87. The van der Waals surface area contributed by atoms with Crippen molar-refractivity contribution in [1.82, 2.24) is 9.97 Å². The molecule has 0 spiro atoms. The van der Waals surface area contributed by atoms with Gasteiger partial charge in [-0.2, -0.15) is 5.26 Å². The van der Waals surface area contributed by atoms with Crippen LogP contribution in [0, 0.1) is 24.2 Å². The zero-order chi connectivity index (χ0) is 11.4. The van der Waals surface area contributed by atoms with Gasteiger partial charge in [0.15, 0.2) is 0 Å². The van der Waals surface area contributed by atoms with E-state index in [1.807, 2.05) is 13.0 Å². The highest BCUT2D eigenvalue weighted by molar-refractivity contribution is 5.32. The van der Waals surface area contributed by atoms with Crippen LogP contribution < -0.4 is 5.32 Å². The molecule has 0 aromatic carbocycles. The molecule has 1 fully saturated rings. The highest BCUT2D eigenvalue weighted by atomic mass is 15.1. The van der Waals surface area contributed by atoms with Crippen molar-refractivity contribution < 1.29 is 0 Å². The molecule has 0 saturated heterocycles. The van der Waals surface area contributed by atoms with Gasteiger partial charge in [0.1, 0.15) is 11.8 Å². The van der Waals surface area contributed by atoms with Crippen molar-refractivity contribution in [3.8, 4) is 6.07 Å². The van der Waals surface area contributed by atoms with E-state index in [-0.39, 0.29) is 0 Å². The van der Waals surface area contributed by atoms with Gasteiger partial charge in [-0.05, 0) is 25.3 Å². The number of nitriles is 1. The second-order valence-corrected chi connectivity index (χ2v) is 4.34. The third-order valence-corrected chi connectivity index (χ3v) is 3.03. The monoisotopic (exact) mass is 216 g/mol. The van der Waals surface area contributed by atoms with Crippen molar-refractivity contribution in [1.29, 1.82) is 5.26 Å². The Kier molecular flexibility index (Phi) is 3.35. The van der Waals surface area contributed by atoms with E-state index in [9.17, 15) is 0 Å². The molecule has 16 heavy (non-hydrogen) atoms. The van der Waals surface area contributed by atoms with Crippen LogP contribution in [-0.2, 0) is 0 Å². The van der Waals surface area contributed by atoms with Gasteiger partial charge in [0.25, 0.3) is 0 Å². The largest absolute Gasteiger partial charge is 0.354 e. The Morgan fingerprint density at radius 1 is 1.50 bits per heavy atom. The molecular weight excluding hydrogens is 200 g/mol. The van der Waals surface area contributed by atoms with Gasteiger partial charge in [0, 0.05) is 12.2 Å². The first-order valence-electron chi connectivity index (χ1n) is 5.77. The molecule has 0 aliphatic heterocycles. The van der Waals surface area contributed by atoms with Crippen molar-refractivity contribution in [2.45, 2.75) is 32.6 Å². The van der Waals surface area contributed by atoms with Gasteiger partial charge in [0.05, 0.1) is 0 Å². The normalized spacial score (nSPS) is 15.2. The van der Waals surface area contributed by atoms with Gasteiger partial charge in [-0.3, -0.25) is 0 Å². The molecule has 0 atom stereocenters. The number of nitrogens with zero attached hydrogens (tertiary/aromatic N) is 3. The molecule has 2 rings (SSSR count). The smallest absolute Gasteiger partial charge is 0.224 e. The lowest BCUT2D eigenvalue weighted by molar-refractivity contribution is 0.303. The van der Waals surface area contributed by atoms with Crippen LogP contribution in [0.25, 0.3) is 0 Å². The summed E-state index contributed by atoms with van der Waals surface area (Å²) in [5.74, 6) is 1.46. The lowest BCUT2D eigenvalue weighted by atomic mass is 9.83. The number of hydrogen-bond acceptors (Lipinski definition) is 4. The van der Waals surface area contributed by atoms with Crippen molar-refractivity contribution in [2.75, 3.05) is 11.9 Å². The first-order valence-corrected chi connectivity index (χ1v) is 5.77. The third-order valence-electron chi connectivity index (χ3n) is 3.03. The summed E-state index contributed by atoms with van der Waals surface area (Å²) in [5.41, 5.74) is 1.26. The summed E-state index contributed by atoms with van der Waals surface area (Å²) in [6.07, 6.45) is 5.28. The molecule has 4 heteroatoms. The van der Waals surface area contributed by atoms with E-state index in [4.69, 9.17) is 5.26 Å². The molecule has 0 unspecified atom stereocenters. The molecular formula is C12H16N4. The Hall–Kier alpha value is -1.63. The SMILES string of the molecule is Cc1cc(C#N)nc(NCCC2CCC2)n1. The van der Waals surface area contributed by atoms with Gasteiger partial charge in [0.2, 0.25) is 5.95 Å². The van der Waals surface area contributed by atoms with Gasteiger partial charge < -0.3 is 5.32 Å². The summed E-state index contributed by atoms with van der Waals surface area (Å²) in [7, 11) is 0. The Bertz CT molecular complexity index is 404. The van der Waals surface area contributed by atoms with Crippen molar-refractivity contribution in [2.24, 2.45) is 5.92 Å². The Morgan fingerprint density at radius 3 is 2.94 bits per heavy atom.